The fourth-order valence-electron chi connectivity index (χ4n) is 3.71. The van der Waals surface area contributed by atoms with Crippen LogP contribution in [0.5, 0.6) is 5.75 Å². The molecule has 0 aliphatic carbocycles. The van der Waals surface area contributed by atoms with Gasteiger partial charge in [-0.25, -0.2) is 4.39 Å². The van der Waals surface area contributed by atoms with Crippen LogP contribution in [0.25, 0.3) is 0 Å². The van der Waals surface area contributed by atoms with Crippen molar-refractivity contribution in [2.75, 3.05) is 26.2 Å². The van der Waals surface area contributed by atoms with Crippen molar-refractivity contribution in [3.05, 3.63) is 81.4 Å². The third-order valence-corrected chi connectivity index (χ3v) is 5.97. The van der Waals surface area contributed by atoms with E-state index in [1.54, 1.807) is 34.1 Å². The molecule has 1 fully saturated rings. The molecular weight excluding hydrogens is 449 g/mol. The Bertz CT molecular complexity index is 1170. The molecule has 2 aromatic carbocycles. The van der Waals surface area contributed by atoms with Crippen molar-refractivity contribution < 1.29 is 23.2 Å². The van der Waals surface area contributed by atoms with Crippen molar-refractivity contribution in [2.24, 2.45) is 0 Å². The molecule has 9 heteroatoms. The number of rotatable bonds is 5. The second-order valence-electron chi connectivity index (χ2n) is 7.83. The van der Waals surface area contributed by atoms with Crippen molar-refractivity contribution >= 4 is 23.4 Å². The van der Waals surface area contributed by atoms with Crippen LogP contribution in [-0.4, -0.2) is 52.9 Å². The predicted octanol–water partition coefficient (Wildman–Crippen LogP) is 4.26. The molecule has 3 aromatic rings. The Kier molecular flexibility index (Phi) is 6.65. The van der Waals surface area contributed by atoms with E-state index in [2.05, 4.69) is 5.16 Å². The molecule has 0 bridgehead atoms. The van der Waals surface area contributed by atoms with Gasteiger partial charge in [0.25, 0.3) is 11.8 Å². The van der Waals surface area contributed by atoms with Gasteiger partial charge >= 0.3 is 0 Å². The quantitative estimate of drug-likeness (QED) is 0.555. The summed E-state index contributed by atoms with van der Waals surface area (Å²) in [6.07, 6.45) is 0. The number of ether oxygens (including phenoxy) is 1. The van der Waals surface area contributed by atoms with Crippen LogP contribution in [-0.2, 0) is 6.61 Å². The molecule has 0 N–H and O–H groups in total. The fraction of sp³-hybridized carbons (Fsp3) is 0.292. The van der Waals surface area contributed by atoms with Gasteiger partial charge in [0.05, 0.1) is 21.8 Å². The molecule has 2 amide bonds. The molecule has 0 atom stereocenters. The Morgan fingerprint density at radius 2 is 1.76 bits per heavy atom. The molecule has 1 aromatic heterocycles. The average molecular weight is 472 g/mol. The molecule has 0 radical (unpaired) electrons. The van der Waals surface area contributed by atoms with E-state index in [0.29, 0.717) is 49.9 Å². The van der Waals surface area contributed by atoms with Crippen LogP contribution < -0.4 is 4.74 Å². The Balaban J connectivity index is 1.36. The van der Waals surface area contributed by atoms with E-state index in [4.69, 9.17) is 20.9 Å². The molecule has 1 aliphatic heterocycles. The maximum atomic E-state index is 13.3. The second kappa shape index (κ2) is 9.62. The summed E-state index contributed by atoms with van der Waals surface area (Å²) in [5.74, 6) is 0.367. The summed E-state index contributed by atoms with van der Waals surface area (Å²) in [5, 5.41) is 3.99. The molecular formula is C24H23ClFN3O4. The van der Waals surface area contributed by atoms with E-state index in [1.807, 2.05) is 13.8 Å². The summed E-state index contributed by atoms with van der Waals surface area (Å²) in [5.41, 5.74) is 2.41. The van der Waals surface area contributed by atoms with Gasteiger partial charge in [-0.3, -0.25) is 9.59 Å². The van der Waals surface area contributed by atoms with Crippen LogP contribution in [0.3, 0.4) is 0 Å². The molecule has 0 spiro atoms. The zero-order valence-corrected chi connectivity index (χ0v) is 19.1. The van der Waals surface area contributed by atoms with Gasteiger partial charge in [-0.05, 0) is 50.2 Å². The Labute approximate surface area is 195 Å². The van der Waals surface area contributed by atoms with Gasteiger partial charge in [-0.1, -0.05) is 22.8 Å². The van der Waals surface area contributed by atoms with E-state index in [0.717, 1.165) is 17.3 Å². The van der Waals surface area contributed by atoms with Gasteiger partial charge in [0.1, 0.15) is 23.9 Å². The number of hydrogen-bond acceptors (Lipinski definition) is 5. The third-order valence-electron chi connectivity index (χ3n) is 5.66. The zero-order valence-electron chi connectivity index (χ0n) is 18.3. The number of aromatic nitrogens is 1. The summed E-state index contributed by atoms with van der Waals surface area (Å²) in [4.78, 5) is 29.1. The normalized spacial score (nSPS) is 13.8. The zero-order chi connectivity index (χ0) is 23.5. The minimum Gasteiger partial charge on any atom is -0.489 e. The first-order valence-electron chi connectivity index (χ1n) is 10.5. The molecule has 4 rings (SSSR count). The maximum absolute atomic E-state index is 13.3. The largest absolute Gasteiger partial charge is 0.489 e. The fourth-order valence-corrected chi connectivity index (χ4v) is 3.96. The highest BCUT2D eigenvalue weighted by Gasteiger charge is 2.26. The van der Waals surface area contributed by atoms with Crippen molar-refractivity contribution in [3.8, 4) is 5.75 Å². The molecule has 2 heterocycles. The van der Waals surface area contributed by atoms with Crippen molar-refractivity contribution in [3.63, 3.8) is 0 Å². The minimum atomic E-state index is -0.495. The number of halogens is 2. The van der Waals surface area contributed by atoms with Gasteiger partial charge in [-0.2, -0.15) is 0 Å². The average Bonchev–Trinajstić information content (AvgIpc) is 3.14. The summed E-state index contributed by atoms with van der Waals surface area (Å²) in [6.45, 7) is 5.46. The van der Waals surface area contributed by atoms with Crippen LogP contribution in [0.1, 0.15) is 37.7 Å². The predicted molar refractivity (Wildman–Crippen MR) is 120 cm³/mol. The van der Waals surface area contributed by atoms with Crippen LogP contribution in [0, 0.1) is 19.7 Å². The van der Waals surface area contributed by atoms with Crippen molar-refractivity contribution in [2.45, 2.75) is 20.5 Å². The molecule has 172 valence electrons. The number of amides is 2. The van der Waals surface area contributed by atoms with E-state index >= 15 is 0 Å². The lowest BCUT2D eigenvalue weighted by Crippen LogP contribution is -2.50. The summed E-state index contributed by atoms with van der Waals surface area (Å²) < 4.78 is 24.3. The third kappa shape index (κ3) is 5.01. The lowest BCUT2D eigenvalue weighted by molar-refractivity contribution is 0.0535. The van der Waals surface area contributed by atoms with Crippen LogP contribution in [0.2, 0.25) is 5.02 Å². The standard InChI is InChI=1S/C24H23ClFN3O4/c1-15-21(16(2)33-27-15)14-32-19-5-3-4-17(12-19)23(30)28-8-10-29(11-9-28)24(31)20-7-6-18(26)13-22(20)25/h3-7,12-13H,8-11,14H2,1-2H3. The van der Waals surface area contributed by atoms with Crippen molar-refractivity contribution in [1.82, 2.24) is 15.0 Å². The minimum absolute atomic E-state index is 0.0758. The smallest absolute Gasteiger partial charge is 0.255 e. The summed E-state index contributed by atoms with van der Waals surface area (Å²) in [7, 11) is 0. The lowest BCUT2D eigenvalue weighted by Gasteiger charge is -2.35. The summed E-state index contributed by atoms with van der Waals surface area (Å²) in [6, 6.07) is 10.7. The Morgan fingerprint density at radius 1 is 1.06 bits per heavy atom. The first kappa shape index (κ1) is 22.8. The SMILES string of the molecule is Cc1noc(C)c1COc1cccc(C(=O)N2CCN(C(=O)c3ccc(F)cc3Cl)CC2)c1. The van der Waals surface area contributed by atoms with Crippen molar-refractivity contribution in [1.29, 1.82) is 0 Å². The molecule has 7 nitrogen and oxygen atoms in total. The Hall–Kier alpha value is -3.39. The van der Waals surface area contributed by atoms with E-state index < -0.39 is 5.82 Å². The lowest BCUT2D eigenvalue weighted by atomic mass is 10.1. The van der Waals surface area contributed by atoms with Gasteiger partial charge < -0.3 is 19.1 Å². The highest BCUT2D eigenvalue weighted by molar-refractivity contribution is 6.33. The van der Waals surface area contributed by atoms with Gasteiger partial charge in [0.15, 0.2) is 0 Å². The molecule has 1 aliphatic rings. The number of hydrogen-bond donors (Lipinski definition) is 0. The highest BCUT2D eigenvalue weighted by Crippen LogP contribution is 2.22. The molecule has 1 saturated heterocycles. The highest BCUT2D eigenvalue weighted by atomic mass is 35.5. The number of benzene rings is 2. The van der Waals surface area contributed by atoms with E-state index in [-0.39, 0.29) is 22.4 Å². The topological polar surface area (TPSA) is 75.9 Å². The Morgan fingerprint density at radius 3 is 2.39 bits per heavy atom. The number of piperazine rings is 1. The first-order chi connectivity index (χ1) is 15.8. The maximum Gasteiger partial charge on any atom is 0.255 e. The van der Waals surface area contributed by atoms with Gasteiger partial charge in [-0.15, -0.1) is 0 Å². The first-order valence-corrected chi connectivity index (χ1v) is 10.9. The van der Waals surface area contributed by atoms with E-state index in [9.17, 15) is 14.0 Å². The summed E-state index contributed by atoms with van der Waals surface area (Å²) >= 11 is 6.02. The molecule has 0 unspecified atom stereocenters. The number of carbonyl (C=O) groups is 2. The molecule has 33 heavy (non-hydrogen) atoms. The number of nitrogens with zero attached hydrogens (tertiary/aromatic N) is 3. The van der Waals surface area contributed by atoms with Crippen LogP contribution in [0.4, 0.5) is 4.39 Å². The van der Waals surface area contributed by atoms with Gasteiger partial charge in [0.2, 0.25) is 0 Å². The molecule has 0 saturated carbocycles. The van der Waals surface area contributed by atoms with E-state index in [1.165, 1.54) is 12.1 Å². The van der Waals surface area contributed by atoms with Crippen LogP contribution in [0.15, 0.2) is 47.0 Å². The second-order valence-corrected chi connectivity index (χ2v) is 8.24. The van der Waals surface area contributed by atoms with Gasteiger partial charge in [0, 0.05) is 31.7 Å². The van der Waals surface area contributed by atoms with Crippen LogP contribution >= 0.6 is 11.6 Å². The number of carbonyl (C=O) groups excluding carboxylic acids is 2. The number of aryl methyl sites for hydroxylation is 2. The monoisotopic (exact) mass is 471 g/mol.